The van der Waals surface area contributed by atoms with Crippen molar-refractivity contribution in [3.05, 3.63) is 52.9 Å². The second kappa shape index (κ2) is 6.36. The zero-order valence-electron chi connectivity index (χ0n) is 11.7. The Labute approximate surface area is 118 Å². The van der Waals surface area contributed by atoms with Gasteiger partial charge in [0.1, 0.15) is 5.82 Å². The predicted molar refractivity (Wildman–Crippen MR) is 75.8 cm³/mol. The molecule has 0 unspecified atom stereocenters. The van der Waals surface area contributed by atoms with Gasteiger partial charge in [-0.05, 0) is 26.0 Å². The summed E-state index contributed by atoms with van der Waals surface area (Å²) in [5.41, 5.74) is 3.23. The molecule has 0 fully saturated rings. The Morgan fingerprint density at radius 2 is 2.15 bits per heavy atom. The third-order valence-electron chi connectivity index (χ3n) is 3.21. The molecule has 2 rings (SSSR count). The predicted octanol–water partition coefficient (Wildman–Crippen LogP) is 2.42. The first-order valence-corrected chi connectivity index (χ1v) is 6.48. The average Bonchev–Trinajstić information content (AvgIpc) is 2.74. The molecule has 4 heteroatoms. The van der Waals surface area contributed by atoms with Gasteiger partial charge in [-0.2, -0.15) is 0 Å². The summed E-state index contributed by atoms with van der Waals surface area (Å²) in [7, 11) is 0. The summed E-state index contributed by atoms with van der Waals surface area (Å²) in [4.78, 5) is 4.20. The minimum absolute atomic E-state index is 0.0207. The quantitative estimate of drug-likeness (QED) is 0.871. The van der Waals surface area contributed by atoms with Crippen molar-refractivity contribution in [3.8, 4) is 11.8 Å². The van der Waals surface area contributed by atoms with Gasteiger partial charge in [0, 0.05) is 23.2 Å². The fourth-order valence-electron chi connectivity index (χ4n) is 1.86. The monoisotopic (exact) mass is 272 g/mol. The van der Waals surface area contributed by atoms with Crippen LogP contribution < -0.4 is 0 Å². The third-order valence-corrected chi connectivity index (χ3v) is 3.21. The van der Waals surface area contributed by atoms with Crippen molar-refractivity contribution < 1.29 is 9.50 Å². The number of aryl methyl sites for hydroxylation is 1. The standard InChI is InChI=1S/C16H17FN2O/c1-12-13(2)19(11-18-12)10-15-7-6-14(9-16(15)17)5-3-4-8-20/h6-7,9,11,20H,4,8,10H2,1-2H3. The van der Waals surface area contributed by atoms with Gasteiger partial charge in [-0.1, -0.05) is 17.9 Å². The van der Waals surface area contributed by atoms with Crippen LogP contribution in [0.2, 0.25) is 0 Å². The van der Waals surface area contributed by atoms with Crippen LogP contribution in [0.1, 0.15) is 28.9 Å². The Bertz CT molecular complexity index is 665. The van der Waals surface area contributed by atoms with Crippen LogP contribution in [-0.2, 0) is 6.54 Å². The molecule has 0 amide bonds. The molecule has 0 radical (unpaired) electrons. The summed E-state index contributed by atoms with van der Waals surface area (Å²) < 4.78 is 16.0. The molecule has 0 aliphatic carbocycles. The molecule has 2 aromatic rings. The second-order valence-electron chi connectivity index (χ2n) is 4.62. The van der Waals surface area contributed by atoms with Gasteiger partial charge in [0.2, 0.25) is 0 Å². The number of aliphatic hydroxyl groups excluding tert-OH is 1. The Balaban J connectivity index is 2.18. The summed E-state index contributed by atoms with van der Waals surface area (Å²) in [5, 5.41) is 8.65. The maximum Gasteiger partial charge on any atom is 0.129 e. The van der Waals surface area contributed by atoms with E-state index < -0.39 is 0 Å². The maximum atomic E-state index is 14.0. The molecule has 0 atom stereocenters. The number of nitrogens with zero attached hydrogens (tertiary/aromatic N) is 2. The highest BCUT2D eigenvalue weighted by atomic mass is 19.1. The number of aromatic nitrogens is 2. The smallest absolute Gasteiger partial charge is 0.129 e. The number of halogens is 1. The van der Waals surface area contributed by atoms with Gasteiger partial charge < -0.3 is 9.67 Å². The lowest BCUT2D eigenvalue weighted by molar-refractivity contribution is 0.305. The highest BCUT2D eigenvalue weighted by Crippen LogP contribution is 2.14. The Morgan fingerprint density at radius 1 is 1.35 bits per heavy atom. The highest BCUT2D eigenvalue weighted by molar-refractivity contribution is 5.37. The van der Waals surface area contributed by atoms with E-state index in [4.69, 9.17) is 5.11 Å². The van der Waals surface area contributed by atoms with Crippen molar-refractivity contribution in [2.75, 3.05) is 6.61 Å². The lowest BCUT2D eigenvalue weighted by Gasteiger charge is -2.07. The van der Waals surface area contributed by atoms with Gasteiger partial charge >= 0.3 is 0 Å². The van der Waals surface area contributed by atoms with Gasteiger partial charge in [-0.15, -0.1) is 0 Å². The van der Waals surface area contributed by atoms with E-state index in [0.29, 0.717) is 24.1 Å². The number of benzene rings is 1. The summed E-state index contributed by atoms with van der Waals surface area (Å²) in [6, 6.07) is 4.97. The highest BCUT2D eigenvalue weighted by Gasteiger charge is 2.07. The van der Waals surface area contributed by atoms with Gasteiger partial charge in [0.15, 0.2) is 0 Å². The SMILES string of the molecule is Cc1ncn(Cc2ccc(C#CCCO)cc2F)c1C. The van der Waals surface area contributed by atoms with Gasteiger partial charge in [-0.25, -0.2) is 9.37 Å². The molecule has 3 nitrogen and oxygen atoms in total. The number of imidazole rings is 1. The van der Waals surface area contributed by atoms with E-state index in [1.807, 2.05) is 18.4 Å². The molecule has 20 heavy (non-hydrogen) atoms. The van der Waals surface area contributed by atoms with Gasteiger partial charge in [0.25, 0.3) is 0 Å². The van der Waals surface area contributed by atoms with Crippen LogP contribution in [0.3, 0.4) is 0 Å². The van der Waals surface area contributed by atoms with E-state index in [2.05, 4.69) is 16.8 Å². The number of rotatable bonds is 3. The van der Waals surface area contributed by atoms with Crippen molar-refractivity contribution in [2.45, 2.75) is 26.8 Å². The van der Waals surface area contributed by atoms with Crippen molar-refractivity contribution in [3.63, 3.8) is 0 Å². The fraction of sp³-hybridized carbons (Fsp3) is 0.312. The van der Waals surface area contributed by atoms with Crippen LogP contribution in [0, 0.1) is 31.5 Å². The van der Waals surface area contributed by atoms with Crippen molar-refractivity contribution in [1.29, 1.82) is 0 Å². The zero-order chi connectivity index (χ0) is 14.5. The van der Waals surface area contributed by atoms with Crippen molar-refractivity contribution in [1.82, 2.24) is 9.55 Å². The van der Waals surface area contributed by atoms with E-state index in [0.717, 1.165) is 11.4 Å². The first-order valence-electron chi connectivity index (χ1n) is 6.48. The molecule has 1 heterocycles. The van der Waals surface area contributed by atoms with Crippen molar-refractivity contribution in [2.24, 2.45) is 0 Å². The van der Waals surface area contributed by atoms with Crippen LogP contribution in [-0.4, -0.2) is 21.3 Å². The summed E-state index contributed by atoms with van der Waals surface area (Å²) in [5.74, 6) is 5.33. The van der Waals surface area contributed by atoms with E-state index in [9.17, 15) is 4.39 Å². The molecule has 104 valence electrons. The van der Waals surface area contributed by atoms with E-state index in [1.54, 1.807) is 18.5 Å². The van der Waals surface area contributed by atoms with E-state index in [-0.39, 0.29) is 12.4 Å². The van der Waals surface area contributed by atoms with Crippen LogP contribution in [0.5, 0.6) is 0 Å². The first kappa shape index (κ1) is 14.3. The van der Waals surface area contributed by atoms with E-state index >= 15 is 0 Å². The Morgan fingerprint density at radius 3 is 2.75 bits per heavy atom. The molecule has 0 aliphatic heterocycles. The molecule has 1 aromatic carbocycles. The molecule has 0 spiro atoms. The lowest BCUT2D eigenvalue weighted by atomic mass is 10.1. The van der Waals surface area contributed by atoms with Crippen LogP contribution >= 0.6 is 0 Å². The second-order valence-corrected chi connectivity index (χ2v) is 4.62. The van der Waals surface area contributed by atoms with Crippen molar-refractivity contribution >= 4 is 0 Å². The zero-order valence-corrected chi connectivity index (χ0v) is 11.7. The minimum atomic E-state index is -0.272. The maximum absolute atomic E-state index is 14.0. The normalized spacial score (nSPS) is 10.2. The molecule has 0 saturated carbocycles. The van der Waals surface area contributed by atoms with Crippen LogP contribution in [0.15, 0.2) is 24.5 Å². The summed E-state index contributed by atoms with van der Waals surface area (Å²) in [6.45, 7) is 4.38. The Kier molecular flexibility index (Phi) is 4.54. The average molecular weight is 272 g/mol. The minimum Gasteiger partial charge on any atom is -0.395 e. The summed E-state index contributed by atoms with van der Waals surface area (Å²) in [6.07, 6.45) is 2.12. The largest absolute Gasteiger partial charge is 0.395 e. The topological polar surface area (TPSA) is 38.0 Å². The van der Waals surface area contributed by atoms with Gasteiger partial charge in [-0.3, -0.25) is 0 Å². The number of hydrogen-bond donors (Lipinski definition) is 1. The first-order chi connectivity index (χ1) is 9.61. The van der Waals surface area contributed by atoms with E-state index in [1.165, 1.54) is 6.07 Å². The molecular formula is C16H17FN2O. The molecular weight excluding hydrogens is 255 g/mol. The van der Waals surface area contributed by atoms with Crippen LogP contribution in [0.25, 0.3) is 0 Å². The molecule has 0 bridgehead atoms. The molecule has 1 aromatic heterocycles. The summed E-state index contributed by atoms with van der Waals surface area (Å²) >= 11 is 0. The van der Waals surface area contributed by atoms with Crippen LogP contribution in [0.4, 0.5) is 4.39 Å². The number of aliphatic hydroxyl groups is 1. The molecule has 0 aliphatic rings. The Hall–Kier alpha value is -2.12. The fourth-order valence-corrected chi connectivity index (χ4v) is 1.86. The molecule has 1 N–H and O–H groups in total. The van der Waals surface area contributed by atoms with Gasteiger partial charge in [0.05, 0.1) is 25.2 Å². The number of hydrogen-bond acceptors (Lipinski definition) is 2. The molecule has 0 saturated heterocycles. The third kappa shape index (κ3) is 3.25. The lowest BCUT2D eigenvalue weighted by Crippen LogP contribution is -2.03.